The normalized spacial score (nSPS) is 15.8. The van der Waals surface area contributed by atoms with Crippen molar-refractivity contribution in [2.24, 2.45) is 0 Å². The predicted octanol–water partition coefficient (Wildman–Crippen LogP) is 2.08. The molecule has 2 aliphatic heterocycles. The van der Waals surface area contributed by atoms with E-state index in [0.717, 1.165) is 48.2 Å². The van der Waals surface area contributed by atoms with Gasteiger partial charge in [0.1, 0.15) is 5.69 Å². The van der Waals surface area contributed by atoms with Crippen molar-refractivity contribution < 1.29 is 9.59 Å². The zero-order chi connectivity index (χ0) is 22.1. The van der Waals surface area contributed by atoms with E-state index in [-0.39, 0.29) is 11.8 Å². The number of benzene rings is 1. The lowest BCUT2D eigenvalue weighted by molar-refractivity contribution is -0.132. The molecule has 1 fully saturated rings. The molecule has 0 bridgehead atoms. The monoisotopic (exact) mass is 433 g/mol. The summed E-state index contributed by atoms with van der Waals surface area (Å²) >= 11 is 0. The van der Waals surface area contributed by atoms with Crippen LogP contribution in [0.3, 0.4) is 0 Å². The van der Waals surface area contributed by atoms with Crippen LogP contribution >= 0.6 is 0 Å². The standard InChI is InChI=1S/C23H27N7O2/c1-24-23-26-17-8-12-29(14-16(17)21(27-23)22(32)28-10-4-5-11-28)20(31)9-13-30-15-25-18-6-2-3-7-19(18)30/h2-3,6-7,15H,4-5,8-14H2,1H3,(H,24,26,27). The molecule has 0 aliphatic carbocycles. The van der Waals surface area contributed by atoms with Gasteiger partial charge in [0, 0.05) is 58.2 Å². The Bertz CT molecular complexity index is 1170. The molecule has 0 atom stereocenters. The van der Waals surface area contributed by atoms with Gasteiger partial charge in [-0.15, -0.1) is 0 Å². The maximum Gasteiger partial charge on any atom is 0.273 e. The van der Waals surface area contributed by atoms with Crippen LogP contribution in [0.1, 0.15) is 41.0 Å². The van der Waals surface area contributed by atoms with Gasteiger partial charge in [0.2, 0.25) is 11.9 Å². The minimum absolute atomic E-state index is 0.0585. The number of aromatic nitrogens is 4. The predicted molar refractivity (Wildman–Crippen MR) is 120 cm³/mol. The Morgan fingerprint density at radius 1 is 1.06 bits per heavy atom. The number of carbonyl (C=O) groups excluding carboxylic acids is 2. The van der Waals surface area contributed by atoms with Crippen molar-refractivity contribution in [3.05, 3.63) is 47.5 Å². The van der Waals surface area contributed by atoms with E-state index in [0.29, 0.717) is 44.1 Å². The van der Waals surface area contributed by atoms with Crippen molar-refractivity contribution >= 4 is 28.8 Å². The summed E-state index contributed by atoms with van der Waals surface area (Å²) in [5.74, 6) is 0.459. The number of nitrogens with zero attached hydrogens (tertiary/aromatic N) is 6. The number of hydrogen-bond donors (Lipinski definition) is 1. The van der Waals surface area contributed by atoms with Crippen molar-refractivity contribution in [3.8, 4) is 0 Å². The molecule has 2 aliphatic rings. The Balaban J connectivity index is 1.34. The van der Waals surface area contributed by atoms with Crippen LogP contribution in [0.2, 0.25) is 0 Å². The SMILES string of the molecule is CNc1nc2c(c(C(=O)N3CCCC3)n1)CN(C(=O)CCn1cnc3ccccc31)CC2. The Kier molecular flexibility index (Phi) is 5.46. The van der Waals surface area contributed by atoms with Crippen molar-refractivity contribution in [1.29, 1.82) is 0 Å². The van der Waals surface area contributed by atoms with Crippen LogP contribution in [0.25, 0.3) is 11.0 Å². The van der Waals surface area contributed by atoms with Gasteiger partial charge in [-0.05, 0) is 25.0 Å². The van der Waals surface area contributed by atoms with Crippen LogP contribution in [0.4, 0.5) is 5.95 Å². The average molecular weight is 434 g/mol. The Labute approximate surface area is 186 Å². The topological polar surface area (TPSA) is 96.3 Å². The molecule has 9 nitrogen and oxygen atoms in total. The lowest BCUT2D eigenvalue weighted by Crippen LogP contribution is -2.39. The lowest BCUT2D eigenvalue weighted by Gasteiger charge is -2.30. The largest absolute Gasteiger partial charge is 0.357 e. The number of hydrogen-bond acceptors (Lipinski definition) is 6. The van der Waals surface area contributed by atoms with E-state index in [1.54, 1.807) is 13.4 Å². The van der Waals surface area contributed by atoms with Crippen LogP contribution in [0, 0.1) is 0 Å². The van der Waals surface area contributed by atoms with E-state index < -0.39 is 0 Å². The summed E-state index contributed by atoms with van der Waals surface area (Å²) in [6, 6.07) is 7.91. The number of likely N-dealkylation sites (tertiary alicyclic amines) is 1. The van der Waals surface area contributed by atoms with E-state index in [4.69, 9.17) is 0 Å². The second-order valence-corrected chi connectivity index (χ2v) is 8.31. The van der Waals surface area contributed by atoms with Gasteiger partial charge < -0.3 is 19.7 Å². The number of rotatable bonds is 5. The summed E-state index contributed by atoms with van der Waals surface area (Å²) in [7, 11) is 1.75. The molecule has 0 spiro atoms. The van der Waals surface area contributed by atoms with E-state index in [2.05, 4.69) is 20.3 Å². The minimum atomic E-state index is -0.0585. The van der Waals surface area contributed by atoms with Crippen LogP contribution in [0.5, 0.6) is 0 Å². The van der Waals surface area contributed by atoms with Gasteiger partial charge in [-0.25, -0.2) is 15.0 Å². The van der Waals surface area contributed by atoms with E-state index in [1.807, 2.05) is 38.6 Å². The third kappa shape index (κ3) is 3.79. The second-order valence-electron chi connectivity index (χ2n) is 8.31. The van der Waals surface area contributed by atoms with Crippen molar-refractivity contribution in [2.45, 2.75) is 38.8 Å². The first-order chi connectivity index (χ1) is 15.6. The molecular weight excluding hydrogens is 406 g/mol. The molecule has 9 heteroatoms. The highest BCUT2D eigenvalue weighted by Gasteiger charge is 2.30. The highest BCUT2D eigenvalue weighted by atomic mass is 16.2. The zero-order valence-electron chi connectivity index (χ0n) is 18.3. The maximum absolute atomic E-state index is 13.2. The highest BCUT2D eigenvalue weighted by Crippen LogP contribution is 2.25. The third-order valence-corrected chi connectivity index (χ3v) is 6.33. The number of imidazole rings is 1. The summed E-state index contributed by atoms with van der Waals surface area (Å²) in [5.41, 5.74) is 4.02. The molecule has 0 saturated carbocycles. The molecular formula is C23H27N7O2. The number of amides is 2. The molecule has 1 saturated heterocycles. The number of nitrogens with one attached hydrogen (secondary N) is 1. The number of aryl methyl sites for hydroxylation is 1. The number of para-hydroxylation sites is 2. The Hall–Kier alpha value is -3.49. The van der Waals surface area contributed by atoms with Gasteiger partial charge in [0.15, 0.2) is 0 Å². The molecule has 2 aromatic heterocycles. The van der Waals surface area contributed by atoms with Crippen molar-refractivity contribution in [3.63, 3.8) is 0 Å². The van der Waals surface area contributed by atoms with Crippen LogP contribution in [-0.2, 0) is 24.3 Å². The summed E-state index contributed by atoms with van der Waals surface area (Å²) in [5, 5.41) is 2.97. The number of carbonyl (C=O) groups is 2. The molecule has 4 heterocycles. The molecule has 32 heavy (non-hydrogen) atoms. The smallest absolute Gasteiger partial charge is 0.273 e. The molecule has 0 unspecified atom stereocenters. The molecule has 1 aromatic carbocycles. The van der Waals surface area contributed by atoms with Crippen molar-refractivity contribution in [1.82, 2.24) is 29.3 Å². The van der Waals surface area contributed by atoms with E-state index in [1.165, 1.54) is 0 Å². The molecule has 3 aromatic rings. The van der Waals surface area contributed by atoms with E-state index >= 15 is 0 Å². The van der Waals surface area contributed by atoms with Crippen LogP contribution in [-0.4, -0.2) is 67.8 Å². The third-order valence-electron chi connectivity index (χ3n) is 6.33. The van der Waals surface area contributed by atoms with Crippen molar-refractivity contribution in [2.75, 3.05) is 32.0 Å². The number of fused-ring (bicyclic) bond motifs is 2. The lowest BCUT2D eigenvalue weighted by atomic mass is 10.0. The second kappa shape index (κ2) is 8.57. The van der Waals surface area contributed by atoms with Gasteiger partial charge in [0.25, 0.3) is 5.91 Å². The molecule has 2 amide bonds. The number of anilines is 1. The molecule has 0 radical (unpaired) electrons. The highest BCUT2D eigenvalue weighted by molar-refractivity contribution is 5.94. The van der Waals surface area contributed by atoms with Gasteiger partial charge in [-0.3, -0.25) is 9.59 Å². The van der Waals surface area contributed by atoms with Crippen LogP contribution in [0.15, 0.2) is 30.6 Å². The Morgan fingerprint density at radius 3 is 2.69 bits per heavy atom. The Morgan fingerprint density at radius 2 is 1.88 bits per heavy atom. The van der Waals surface area contributed by atoms with Gasteiger partial charge >= 0.3 is 0 Å². The van der Waals surface area contributed by atoms with Gasteiger partial charge in [-0.1, -0.05) is 12.1 Å². The first-order valence-corrected chi connectivity index (χ1v) is 11.2. The summed E-state index contributed by atoms with van der Waals surface area (Å²) in [6.07, 6.45) is 4.81. The van der Waals surface area contributed by atoms with Gasteiger partial charge in [-0.2, -0.15) is 0 Å². The molecule has 166 valence electrons. The summed E-state index contributed by atoms with van der Waals surface area (Å²) in [4.78, 5) is 43.4. The fourth-order valence-corrected chi connectivity index (χ4v) is 4.55. The van der Waals surface area contributed by atoms with Gasteiger partial charge in [0.05, 0.1) is 23.1 Å². The first kappa shape index (κ1) is 20.4. The fourth-order valence-electron chi connectivity index (χ4n) is 4.55. The molecule has 1 N–H and O–H groups in total. The summed E-state index contributed by atoms with van der Waals surface area (Å²) < 4.78 is 2.01. The van der Waals surface area contributed by atoms with Crippen LogP contribution < -0.4 is 5.32 Å². The minimum Gasteiger partial charge on any atom is -0.357 e. The zero-order valence-corrected chi connectivity index (χ0v) is 18.3. The van der Waals surface area contributed by atoms with E-state index in [9.17, 15) is 9.59 Å². The molecule has 5 rings (SSSR count). The first-order valence-electron chi connectivity index (χ1n) is 11.2. The average Bonchev–Trinajstić information content (AvgIpc) is 3.51. The maximum atomic E-state index is 13.2. The summed E-state index contributed by atoms with van der Waals surface area (Å²) in [6.45, 7) is 3.05. The fraction of sp³-hybridized carbons (Fsp3) is 0.435. The quantitative estimate of drug-likeness (QED) is 0.662.